The molecule has 13 heavy (non-hydrogen) atoms. The van der Waals surface area contributed by atoms with Crippen molar-refractivity contribution in [2.24, 2.45) is 0 Å². The Labute approximate surface area is 79.3 Å². The Morgan fingerprint density at radius 2 is 2.23 bits per heavy atom. The minimum Gasteiger partial charge on any atom is -0.461 e. The molecule has 0 unspecified atom stereocenters. The molecule has 0 amide bonds. The smallest absolute Gasteiger partial charge is 0.302 e. The van der Waals surface area contributed by atoms with E-state index in [-0.39, 0.29) is 12.6 Å². The van der Waals surface area contributed by atoms with Gasteiger partial charge in [0.1, 0.15) is 14.5 Å². The first kappa shape index (κ1) is 9.84. The second-order valence-corrected chi connectivity index (χ2v) is 2.98. The van der Waals surface area contributed by atoms with E-state index in [1.165, 1.54) is 6.92 Å². The van der Waals surface area contributed by atoms with Crippen molar-refractivity contribution in [3.05, 3.63) is 29.3 Å². The molecule has 0 aromatic heterocycles. The molecule has 0 atom stereocenters. The quantitative estimate of drug-likeness (QED) is 0.490. The summed E-state index contributed by atoms with van der Waals surface area (Å²) in [5, 5.41) is 0. The maximum Gasteiger partial charge on any atom is 0.302 e. The molecular formula is C10H11BO2. The molecule has 0 saturated heterocycles. The van der Waals surface area contributed by atoms with E-state index in [4.69, 9.17) is 12.6 Å². The van der Waals surface area contributed by atoms with Crippen LogP contribution in [0.25, 0.3) is 0 Å². The van der Waals surface area contributed by atoms with E-state index < -0.39 is 0 Å². The molecule has 2 radical (unpaired) electrons. The lowest BCUT2D eigenvalue weighted by Gasteiger charge is -2.06. The molecule has 0 saturated carbocycles. The van der Waals surface area contributed by atoms with Gasteiger partial charge in [0.05, 0.1) is 0 Å². The molecule has 2 nitrogen and oxygen atoms in total. The SMILES string of the molecule is [B]c1ccc(C)cc1COC(C)=O. The second kappa shape index (κ2) is 4.12. The van der Waals surface area contributed by atoms with Crippen molar-refractivity contribution >= 4 is 19.3 Å². The number of rotatable bonds is 2. The van der Waals surface area contributed by atoms with Gasteiger partial charge in [-0.15, -0.1) is 0 Å². The normalized spacial score (nSPS) is 9.69. The summed E-state index contributed by atoms with van der Waals surface area (Å²) in [6.07, 6.45) is 0. The Kier molecular flexibility index (Phi) is 3.12. The standard InChI is InChI=1S/C10H11BO2/c1-7-3-4-10(11)9(5-7)6-13-8(2)12/h3-5H,6H2,1-2H3. The van der Waals surface area contributed by atoms with Crippen LogP contribution in [-0.2, 0) is 16.1 Å². The van der Waals surface area contributed by atoms with Crippen LogP contribution in [0.2, 0.25) is 0 Å². The van der Waals surface area contributed by atoms with Crippen LogP contribution in [0.3, 0.4) is 0 Å². The van der Waals surface area contributed by atoms with Gasteiger partial charge >= 0.3 is 5.97 Å². The van der Waals surface area contributed by atoms with Crippen LogP contribution in [-0.4, -0.2) is 13.8 Å². The van der Waals surface area contributed by atoms with Crippen LogP contribution in [0.15, 0.2) is 18.2 Å². The zero-order valence-electron chi connectivity index (χ0n) is 7.83. The maximum absolute atomic E-state index is 10.6. The predicted octanol–water partition coefficient (Wildman–Crippen LogP) is 0.852. The highest BCUT2D eigenvalue weighted by Gasteiger charge is 1.99. The van der Waals surface area contributed by atoms with Crippen LogP contribution >= 0.6 is 0 Å². The summed E-state index contributed by atoms with van der Waals surface area (Å²) in [6, 6.07) is 5.65. The predicted molar refractivity (Wildman–Crippen MR) is 52.0 cm³/mol. The summed E-state index contributed by atoms with van der Waals surface area (Å²) < 4.78 is 4.84. The highest BCUT2D eigenvalue weighted by Crippen LogP contribution is 2.02. The van der Waals surface area contributed by atoms with Crippen molar-refractivity contribution in [1.29, 1.82) is 0 Å². The second-order valence-electron chi connectivity index (χ2n) is 2.98. The summed E-state index contributed by atoms with van der Waals surface area (Å²) in [5.41, 5.74) is 2.62. The lowest BCUT2D eigenvalue weighted by Crippen LogP contribution is -2.12. The number of carbonyl (C=O) groups is 1. The fourth-order valence-corrected chi connectivity index (χ4v) is 1.04. The molecule has 1 aromatic carbocycles. The molecule has 0 spiro atoms. The van der Waals surface area contributed by atoms with Crippen molar-refractivity contribution in [1.82, 2.24) is 0 Å². The fraction of sp³-hybridized carbons (Fsp3) is 0.300. The lowest BCUT2D eigenvalue weighted by molar-refractivity contribution is -0.142. The highest BCUT2D eigenvalue weighted by molar-refractivity contribution is 6.33. The van der Waals surface area contributed by atoms with Gasteiger partial charge in [-0.3, -0.25) is 4.79 Å². The number of carbonyl (C=O) groups excluding carboxylic acids is 1. The van der Waals surface area contributed by atoms with E-state index in [2.05, 4.69) is 0 Å². The molecule has 0 fully saturated rings. The highest BCUT2D eigenvalue weighted by atomic mass is 16.5. The summed E-state index contributed by atoms with van der Waals surface area (Å²) in [7, 11) is 5.68. The summed E-state index contributed by atoms with van der Waals surface area (Å²) in [6.45, 7) is 3.60. The Balaban J connectivity index is 2.75. The first-order chi connectivity index (χ1) is 6.09. The number of hydrogen-bond acceptors (Lipinski definition) is 2. The molecule has 0 heterocycles. The van der Waals surface area contributed by atoms with Gasteiger partial charge < -0.3 is 4.74 Å². The van der Waals surface area contributed by atoms with E-state index in [1.807, 2.05) is 25.1 Å². The van der Waals surface area contributed by atoms with Crippen LogP contribution < -0.4 is 5.46 Å². The molecule has 1 aromatic rings. The first-order valence-electron chi connectivity index (χ1n) is 4.08. The van der Waals surface area contributed by atoms with Crippen molar-refractivity contribution < 1.29 is 9.53 Å². The van der Waals surface area contributed by atoms with Crippen molar-refractivity contribution in [3.63, 3.8) is 0 Å². The van der Waals surface area contributed by atoms with Gasteiger partial charge in [0, 0.05) is 6.92 Å². The molecule has 0 aliphatic rings. The van der Waals surface area contributed by atoms with Crippen LogP contribution in [0.4, 0.5) is 0 Å². The maximum atomic E-state index is 10.6. The summed E-state index contributed by atoms with van der Waals surface area (Å²) >= 11 is 0. The lowest BCUT2D eigenvalue weighted by atomic mass is 9.90. The van der Waals surface area contributed by atoms with Crippen molar-refractivity contribution in [2.45, 2.75) is 20.5 Å². The number of benzene rings is 1. The summed E-state index contributed by atoms with van der Waals surface area (Å²) in [4.78, 5) is 10.6. The van der Waals surface area contributed by atoms with E-state index >= 15 is 0 Å². The van der Waals surface area contributed by atoms with Gasteiger partial charge in [-0.05, 0) is 12.5 Å². The monoisotopic (exact) mass is 174 g/mol. The Hall–Kier alpha value is -1.25. The molecule has 3 heteroatoms. The Bertz CT molecular complexity index is 321. The average molecular weight is 174 g/mol. The van der Waals surface area contributed by atoms with E-state index in [0.29, 0.717) is 5.46 Å². The Morgan fingerprint density at radius 1 is 1.54 bits per heavy atom. The van der Waals surface area contributed by atoms with Gasteiger partial charge in [0.25, 0.3) is 0 Å². The molecule has 0 aliphatic heterocycles. The van der Waals surface area contributed by atoms with Crippen LogP contribution in [0.1, 0.15) is 18.1 Å². The minimum atomic E-state index is -0.291. The van der Waals surface area contributed by atoms with Gasteiger partial charge in [0.15, 0.2) is 0 Å². The van der Waals surface area contributed by atoms with Gasteiger partial charge in [-0.25, -0.2) is 0 Å². The fourth-order valence-electron chi connectivity index (χ4n) is 1.04. The zero-order chi connectivity index (χ0) is 9.84. The van der Waals surface area contributed by atoms with E-state index in [0.717, 1.165) is 11.1 Å². The third-order valence-corrected chi connectivity index (χ3v) is 1.73. The van der Waals surface area contributed by atoms with Gasteiger partial charge in [0.2, 0.25) is 0 Å². The number of ether oxygens (including phenoxy) is 1. The van der Waals surface area contributed by atoms with Gasteiger partial charge in [-0.2, -0.15) is 0 Å². The third-order valence-electron chi connectivity index (χ3n) is 1.73. The minimum absolute atomic E-state index is 0.253. The van der Waals surface area contributed by atoms with E-state index in [1.54, 1.807) is 0 Å². The number of esters is 1. The number of aryl methyl sites for hydroxylation is 1. The molecule has 1 rings (SSSR count). The van der Waals surface area contributed by atoms with Crippen LogP contribution in [0, 0.1) is 6.92 Å². The number of hydrogen-bond donors (Lipinski definition) is 0. The van der Waals surface area contributed by atoms with Crippen molar-refractivity contribution in [2.75, 3.05) is 0 Å². The largest absolute Gasteiger partial charge is 0.461 e. The molecule has 66 valence electrons. The molecule has 0 N–H and O–H groups in total. The molecule has 0 bridgehead atoms. The van der Waals surface area contributed by atoms with E-state index in [9.17, 15) is 4.79 Å². The molecular weight excluding hydrogens is 163 g/mol. The Morgan fingerprint density at radius 3 is 2.85 bits per heavy atom. The van der Waals surface area contributed by atoms with Crippen molar-refractivity contribution in [3.8, 4) is 0 Å². The third kappa shape index (κ3) is 2.94. The molecule has 0 aliphatic carbocycles. The van der Waals surface area contributed by atoms with Crippen LogP contribution in [0.5, 0.6) is 0 Å². The first-order valence-corrected chi connectivity index (χ1v) is 4.08. The topological polar surface area (TPSA) is 26.3 Å². The average Bonchev–Trinajstić information content (AvgIpc) is 2.06. The summed E-state index contributed by atoms with van der Waals surface area (Å²) in [5.74, 6) is -0.291. The zero-order valence-corrected chi connectivity index (χ0v) is 7.83. The van der Waals surface area contributed by atoms with Gasteiger partial charge in [-0.1, -0.05) is 29.2 Å².